The van der Waals surface area contributed by atoms with Crippen molar-refractivity contribution in [3.8, 4) is 0 Å². The molecule has 0 unspecified atom stereocenters. The van der Waals surface area contributed by atoms with Crippen LogP contribution in [0.4, 0.5) is 4.39 Å². The van der Waals surface area contributed by atoms with Gasteiger partial charge in [-0.15, -0.1) is 11.8 Å². The van der Waals surface area contributed by atoms with E-state index in [-0.39, 0.29) is 17.5 Å². The molecule has 0 heterocycles. The van der Waals surface area contributed by atoms with Crippen LogP contribution in [0.15, 0.2) is 29.2 Å². The Labute approximate surface area is 112 Å². The first-order chi connectivity index (χ1) is 8.74. The zero-order chi connectivity index (χ0) is 13.2. The molecule has 0 aliphatic carbocycles. The fourth-order valence-corrected chi connectivity index (χ4v) is 2.31. The minimum Gasteiger partial charge on any atom is -0.355 e. The molecule has 0 radical (unpaired) electrons. The van der Waals surface area contributed by atoms with Crippen LogP contribution in [0, 0.1) is 5.82 Å². The summed E-state index contributed by atoms with van der Waals surface area (Å²) in [6.07, 6.45) is 4.57. The van der Waals surface area contributed by atoms with Crippen LogP contribution in [0.2, 0.25) is 0 Å². The van der Waals surface area contributed by atoms with Gasteiger partial charge in [-0.25, -0.2) is 4.39 Å². The molecule has 1 amide bonds. The van der Waals surface area contributed by atoms with Crippen LogP contribution in [0.3, 0.4) is 0 Å². The second-order valence-corrected chi connectivity index (χ2v) is 5.15. The van der Waals surface area contributed by atoms with Gasteiger partial charge in [-0.3, -0.25) is 4.79 Å². The second-order valence-electron chi connectivity index (χ2n) is 4.13. The standard InChI is InChI=1S/C14H20FNOS/c1-2-3-4-7-10-16-14(17)11-18-13-9-6-5-8-12(13)15/h5-6,8-9H,2-4,7,10-11H2,1H3,(H,16,17). The third-order valence-electron chi connectivity index (χ3n) is 2.55. The van der Waals surface area contributed by atoms with E-state index in [0.29, 0.717) is 4.90 Å². The first-order valence-corrected chi connectivity index (χ1v) is 7.36. The smallest absolute Gasteiger partial charge is 0.230 e. The highest BCUT2D eigenvalue weighted by Crippen LogP contribution is 2.20. The molecule has 18 heavy (non-hydrogen) atoms. The van der Waals surface area contributed by atoms with Crippen molar-refractivity contribution < 1.29 is 9.18 Å². The molecule has 0 aliphatic rings. The zero-order valence-electron chi connectivity index (χ0n) is 10.7. The van der Waals surface area contributed by atoms with Gasteiger partial charge in [-0.2, -0.15) is 0 Å². The van der Waals surface area contributed by atoms with Gasteiger partial charge >= 0.3 is 0 Å². The van der Waals surface area contributed by atoms with Gasteiger partial charge in [0.25, 0.3) is 0 Å². The fourth-order valence-electron chi connectivity index (χ4n) is 1.54. The number of carbonyl (C=O) groups is 1. The molecule has 1 rings (SSSR count). The summed E-state index contributed by atoms with van der Waals surface area (Å²) in [5.74, 6) is -0.0210. The summed E-state index contributed by atoms with van der Waals surface area (Å²) in [6, 6.07) is 6.51. The summed E-state index contributed by atoms with van der Waals surface area (Å²) < 4.78 is 13.3. The Morgan fingerprint density at radius 2 is 2.06 bits per heavy atom. The summed E-state index contributed by atoms with van der Waals surface area (Å²) >= 11 is 1.24. The highest BCUT2D eigenvalue weighted by Gasteiger charge is 2.05. The lowest BCUT2D eigenvalue weighted by atomic mass is 10.2. The molecule has 0 atom stereocenters. The van der Waals surface area contributed by atoms with E-state index < -0.39 is 0 Å². The maximum atomic E-state index is 13.3. The molecule has 0 bridgehead atoms. The van der Waals surface area contributed by atoms with Gasteiger partial charge in [0.1, 0.15) is 5.82 Å². The molecular formula is C14H20FNOS. The predicted octanol–water partition coefficient (Wildman–Crippen LogP) is 3.61. The molecule has 0 fully saturated rings. The normalized spacial score (nSPS) is 10.3. The Kier molecular flexibility index (Phi) is 7.49. The van der Waals surface area contributed by atoms with E-state index in [1.807, 2.05) is 0 Å². The minimum absolute atomic E-state index is 0.0280. The lowest BCUT2D eigenvalue weighted by Gasteiger charge is -2.05. The summed E-state index contributed by atoms with van der Waals surface area (Å²) in [4.78, 5) is 12.0. The summed E-state index contributed by atoms with van der Waals surface area (Å²) in [5.41, 5.74) is 0. The van der Waals surface area contributed by atoms with E-state index in [1.165, 1.54) is 30.7 Å². The van der Waals surface area contributed by atoms with Crippen LogP contribution in [0.25, 0.3) is 0 Å². The number of benzene rings is 1. The number of carbonyl (C=O) groups excluding carboxylic acids is 1. The summed E-state index contributed by atoms with van der Waals surface area (Å²) in [5, 5.41) is 2.85. The lowest BCUT2D eigenvalue weighted by Crippen LogP contribution is -2.26. The molecule has 4 heteroatoms. The fraction of sp³-hybridized carbons (Fsp3) is 0.500. The van der Waals surface area contributed by atoms with Crippen molar-refractivity contribution in [3.63, 3.8) is 0 Å². The highest BCUT2D eigenvalue weighted by atomic mass is 32.2. The molecule has 1 N–H and O–H groups in total. The van der Waals surface area contributed by atoms with Gasteiger partial charge in [0.2, 0.25) is 5.91 Å². The van der Waals surface area contributed by atoms with Gasteiger partial charge in [0.15, 0.2) is 0 Å². The number of unbranched alkanes of at least 4 members (excludes halogenated alkanes) is 3. The topological polar surface area (TPSA) is 29.1 Å². The first kappa shape index (κ1) is 15.0. The van der Waals surface area contributed by atoms with Gasteiger partial charge in [0.05, 0.1) is 5.75 Å². The molecule has 100 valence electrons. The van der Waals surface area contributed by atoms with E-state index in [4.69, 9.17) is 0 Å². The quantitative estimate of drug-likeness (QED) is 0.577. The number of halogens is 1. The molecule has 1 aromatic rings. The molecule has 2 nitrogen and oxygen atoms in total. The van der Waals surface area contributed by atoms with E-state index >= 15 is 0 Å². The Morgan fingerprint density at radius 1 is 1.28 bits per heavy atom. The number of hydrogen-bond donors (Lipinski definition) is 1. The van der Waals surface area contributed by atoms with E-state index in [2.05, 4.69) is 12.2 Å². The van der Waals surface area contributed by atoms with Crippen molar-refractivity contribution in [2.75, 3.05) is 12.3 Å². The van der Waals surface area contributed by atoms with Gasteiger partial charge in [-0.1, -0.05) is 38.3 Å². The molecule has 1 aromatic carbocycles. The van der Waals surface area contributed by atoms with Gasteiger partial charge in [-0.05, 0) is 18.6 Å². The monoisotopic (exact) mass is 269 g/mol. The summed E-state index contributed by atoms with van der Waals surface area (Å²) in [7, 11) is 0. The molecule has 0 aliphatic heterocycles. The first-order valence-electron chi connectivity index (χ1n) is 6.38. The van der Waals surface area contributed by atoms with Crippen LogP contribution in [-0.4, -0.2) is 18.2 Å². The number of rotatable bonds is 8. The Balaban J connectivity index is 2.15. The number of thioether (sulfide) groups is 1. The average molecular weight is 269 g/mol. The zero-order valence-corrected chi connectivity index (χ0v) is 11.6. The van der Waals surface area contributed by atoms with Crippen molar-refractivity contribution in [3.05, 3.63) is 30.1 Å². The number of amides is 1. The minimum atomic E-state index is -0.266. The number of hydrogen-bond acceptors (Lipinski definition) is 2. The second kappa shape index (κ2) is 8.97. The van der Waals surface area contributed by atoms with Crippen LogP contribution in [-0.2, 0) is 4.79 Å². The largest absolute Gasteiger partial charge is 0.355 e. The van der Waals surface area contributed by atoms with Crippen molar-refractivity contribution in [2.45, 2.75) is 37.5 Å². The third kappa shape index (κ3) is 6.05. The molecule has 0 saturated carbocycles. The van der Waals surface area contributed by atoms with E-state index in [0.717, 1.165) is 19.4 Å². The van der Waals surface area contributed by atoms with Crippen molar-refractivity contribution in [1.29, 1.82) is 0 Å². The number of nitrogens with one attached hydrogen (secondary N) is 1. The van der Waals surface area contributed by atoms with Crippen LogP contribution in [0.5, 0.6) is 0 Å². The maximum absolute atomic E-state index is 13.3. The van der Waals surface area contributed by atoms with Gasteiger partial charge < -0.3 is 5.32 Å². The predicted molar refractivity (Wildman–Crippen MR) is 74.3 cm³/mol. The average Bonchev–Trinajstić information content (AvgIpc) is 2.37. The lowest BCUT2D eigenvalue weighted by molar-refractivity contribution is -0.118. The van der Waals surface area contributed by atoms with Crippen molar-refractivity contribution >= 4 is 17.7 Å². The molecule has 0 saturated heterocycles. The molecular weight excluding hydrogens is 249 g/mol. The SMILES string of the molecule is CCCCCCNC(=O)CSc1ccccc1F. The highest BCUT2D eigenvalue weighted by molar-refractivity contribution is 8.00. The Bertz CT molecular complexity index is 371. The van der Waals surface area contributed by atoms with E-state index in [1.54, 1.807) is 18.2 Å². The Morgan fingerprint density at radius 3 is 2.78 bits per heavy atom. The molecule has 0 aromatic heterocycles. The van der Waals surface area contributed by atoms with Crippen LogP contribution >= 0.6 is 11.8 Å². The van der Waals surface area contributed by atoms with E-state index in [9.17, 15) is 9.18 Å². The van der Waals surface area contributed by atoms with Crippen molar-refractivity contribution in [2.24, 2.45) is 0 Å². The third-order valence-corrected chi connectivity index (χ3v) is 3.60. The van der Waals surface area contributed by atoms with Crippen LogP contribution < -0.4 is 5.32 Å². The maximum Gasteiger partial charge on any atom is 0.230 e. The van der Waals surface area contributed by atoms with Crippen molar-refractivity contribution in [1.82, 2.24) is 5.32 Å². The molecule has 0 spiro atoms. The Hall–Kier alpha value is -1.03. The van der Waals surface area contributed by atoms with Gasteiger partial charge in [0, 0.05) is 11.4 Å². The van der Waals surface area contributed by atoms with Crippen LogP contribution in [0.1, 0.15) is 32.6 Å². The summed E-state index contributed by atoms with van der Waals surface area (Å²) in [6.45, 7) is 2.88.